The second-order valence-electron chi connectivity index (χ2n) is 6.24. The Morgan fingerprint density at radius 3 is 2.21 bits per heavy atom. The van der Waals surface area contributed by atoms with E-state index >= 15 is 0 Å². The van der Waals surface area contributed by atoms with Gasteiger partial charge >= 0.3 is 0 Å². The van der Waals surface area contributed by atoms with Gasteiger partial charge in [-0.05, 0) is 42.0 Å². The van der Waals surface area contributed by atoms with Crippen LogP contribution in [0.2, 0.25) is 0 Å². The number of carbonyl (C=O) groups excluding carboxylic acids is 1. The van der Waals surface area contributed by atoms with Gasteiger partial charge in [0.25, 0.3) is 0 Å². The van der Waals surface area contributed by atoms with E-state index in [0.29, 0.717) is 5.56 Å². The number of sulfonamides is 1. The molecule has 29 heavy (non-hydrogen) atoms. The third-order valence-electron chi connectivity index (χ3n) is 4.12. The van der Waals surface area contributed by atoms with E-state index in [2.05, 4.69) is 21.2 Å². The molecular weight excluding hydrogens is 459 g/mol. The number of halogens is 2. The zero-order valence-electron chi connectivity index (χ0n) is 15.3. The van der Waals surface area contributed by atoms with Gasteiger partial charge in [0.2, 0.25) is 15.9 Å². The molecule has 0 aliphatic heterocycles. The molecule has 0 radical (unpaired) electrons. The number of anilines is 1. The fourth-order valence-corrected chi connectivity index (χ4v) is 4.34. The summed E-state index contributed by atoms with van der Waals surface area (Å²) in [4.78, 5) is 12.6. The van der Waals surface area contributed by atoms with Crippen LogP contribution < -0.4 is 5.32 Å². The van der Waals surface area contributed by atoms with Gasteiger partial charge in [0.05, 0.1) is 17.1 Å². The van der Waals surface area contributed by atoms with Crippen LogP contribution in [0.4, 0.5) is 10.1 Å². The Bertz CT molecular complexity index is 1090. The van der Waals surface area contributed by atoms with Crippen molar-refractivity contribution in [3.8, 4) is 0 Å². The molecule has 0 saturated heterocycles. The molecule has 0 unspecified atom stereocenters. The van der Waals surface area contributed by atoms with E-state index in [4.69, 9.17) is 0 Å². The Labute approximate surface area is 177 Å². The van der Waals surface area contributed by atoms with Gasteiger partial charge in [0, 0.05) is 11.0 Å². The minimum Gasteiger partial charge on any atom is -0.322 e. The summed E-state index contributed by atoms with van der Waals surface area (Å²) < 4.78 is 42.0. The molecule has 1 amide bonds. The first-order chi connectivity index (χ1) is 13.9. The van der Waals surface area contributed by atoms with Gasteiger partial charge in [-0.3, -0.25) is 4.79 Å². The van der Waals surface area contributed by atoms with E-state index in [-0.39, 0.29) is 17.1 Å². The lowest BCUT2D eigenvalue weighted by atomic mass is 10.2. The molecule has 0 aliphatic carbocycles. The highest BCUT2D eigenvalue weighted by Crippen LogP contribution is 2.20. The Kier molecular flexibility index (Phi) is 6.79. The van der Waals surface area contributed by atoms with Crippen LogP contribution in [0.15, 0.2) is 88.2 Å². The molecule has 1 N–H and O–H groups in total. The van der Waals surface area contributed by atoms with Crippen LogP contribution in [-0.2, 0) is 21.4 Å². The van der Waals surface area contributed by atoms with E-state index in [9.17, 15) is 17.6 Å². The summed E-state index contributed by atoms with van der Waals surface area (Å²) in [6.07, 6.45) is 0. The predicted octanol–water partition coefficient (Wildman–Crippen LogP) is 4.42. The zero-order chi connectivity index (χ0) is 20.9. The van der Waals surface area contributed by atoms with Crippen molar-refractivity contribution in [1.82, 2.24) is 4.31 Å². The summed E-state index contributed by atoms with van der Waals surface area (Å²) in [6, 6.07) is 20.7. The molecule has 0 spiro atoms. The topological polar surface area (TPSA) is 66.5 Å². The molecule has 0 aromatic heterocycles. The standard InChI is InChI=1S/C21H18BrFN2O3S/c22-17-12-10-16(11-13-17)14-25(29(27,28)18-6-2-1-3-7-18)15-21(26)24-20-9-5-4-8-19(20)23/h1-13H,14-15H2,(H,24,26). The summed E-state index contributed by atoms with van der Waals surface area (Å²) in [5.41, 5.74) is 0.713. The summed E-state index contributed by atoms with van der Waals surface area (Å²) in [5, 5.41) is 2.43. The van der Waals surface area contributed by atoms with Crippen molar-refractivity contribution in [2.75, 3.05) is 11.9 Å². The largest absolute Gasteiger partial charge is 0.322 e. The average molecular weight is 477 g/mol. The van der Waals surface area contributed by atoms with Gasteiger partial charge < -0.3 is 5.32 Å². The lowest BCUT2D eigenvalue weighted by Gasteiger charge is -2.22. The molecule has 150 valence electrons. The lowest BCUT2D eigenvalue weighted by molar-refractivity contribution is -0.116. The molecule has 3 rings (SSSR count). The highest BCUT2D eigenvalue weighted by molar-refractivity contribution is 9.10. The second-order valence-corrected chi connectivity index (χ2v) is 9.09. The van der Waals surface area contributed by atoms with Crippen LogP contribution in [-0.4, -0.2) is 25.2 Å². The maximum absolute atomic E-state index is 13.8. The number of hydrogen-bond acceptors (Lipinski definition) is 3. The lowest BCUT2D eigenvalue weighted by Crippen LogP contribution is -2.37. The fourth-order valence-electron chi connectivity index (χ4n) is 2.67. The van der Waals surface area contributed by atoms with E-state index in [1.54, 1.807) is 48.5 Å². The molecule has 0 heterocycles. The number of nitrogens with zero attached hydrogens (tertiary/aromatic N) is 1. The third kappa shape index (κ3) is 5.50. The molecule has 0 aliphatic rings. The van der Waals surface area contributed by atoms with Gasteiger partial charge in [0.15, 0.2) is 0 Å². The van der Waals surface area contributed by atoms with Gasteiger partial charge in [-0.25, -0.2) is 12.8 Å². The highest BCUT2D eigenvalue weighted by atomic mass is 79.9. The quantitative estimate of drug-likeness (QED) is 0.548. The van der Waals surface area contributed by atoms with E-state index in [0.717, 1.165) is 8.78 Å². The van der Waals surface area contributed by atoms with Crippen LogP contribution in [0, 0.1) is 5.82 Å². The average Bonchev–Trinajstić information content (AvgIpc) is 2.71. The summed E-state index contributed by atoms with van der Waals surface area (Å²) in [6.45, 7) is -0.461. The first kappa shape index (κ1) is 21.2. The number of amides is 1. The highest BCUT2D eigenvalue weighted by Gasteiger charge is 2.27. The molecule has 5 nitrogen and oxygen atoms in total. The number of nitrogens with one attached hydrogen (secondary N) is 1. The minimum absolute atomic E-state index is 0.00167. The van der Waals surface area contributed by atoms with E-state index in [1.807, 2.05) is 0 Å². The molecule has 3 aromatic carbocycles. The normalized spacial score (nSPS) is 11.4. The Morgan fingerprint density at radius 2 is 1.55 bits per heavy atom. The zero-order valence-corrected chi connectivity index (χ0v) is 17.7. The van der Waals surface area contributed by atoms with Gasteiger partial charge in [-0.2, -0.15) is 4.31 Å². The summed E-state index contributed by atoms with van der Waals surface area (Å²) in [5.74, 6) is -1.22. The van der Waals surface area contributed by atoms with Crippen molar-refractivity contribution in [2.45, 2.75) is 11.4 Å². The number of rotatable bonds is 7. The maximum Gasteiger partial charge on any atom is 0.243 e. The van der Waals surface area contributed by atoms with E-state index in [1.165, 1.54) is 30.3 Å². The summed E-state index contributed by atoms with van der Waals surface area (Å²) >= 11 is 3.34. The maximum atomic E-state index is 13.8. The van der Waals surface area contributed by atoms with E-state index < -0.39 is 28.3 Å². The monoisotopic (exact) mass is 476 g/mol. The number of hydrogen-bond donors (Lipinski definition) is 1. The molecular formula is C21H18BrFN2O3S. The van der Waals surface area contributed by atoms with Crippen molar-refractivity contribution < 1.29 is 17.6 Å². The Morgan fingerprint density at radius 1 is 0.931 bits per heavy atom. The third-order valence-corrected chi connectivity index (χ3v) is 6.46. The first-order valence-corrected chi connectivity index (χ1v) is 10.9. The molecule has 8 heteroatoms. The van der Waals surface area contributed by atoms with Crippen molar-refractivity contribution in [3.63, 3.8) is 0 Å². The van der Waals surface area contributed by atoms with Gasteiger partial charge in [-0.1, -0.05) is 58.4 Å². The molecule has 0 fully saturated rings. The van der Waals surface area contributed by atoms with Crippen LogP contribution >= 0.6 is 15.9 Å². The van der Waals surface area contributed by atoms with Crippen LogP contribution in [0.3, 0.4) is 0 Å². The Balaban J connectivity index is 1.87. The van der Waals surface area contributed by atoms with Crippen LogP contribution in [0.25, 0.3) is 0 Å². The number of benzene rings is 3. The van der Waals surface area contributed by atoms with Crippen molar-refractivity contribution in [1.29, 1.82) is 0 Å². The van der Waals surface area contributed by atoms with Crippen molar-refractivity contribution in [3.05, 3.63) is 94.7 Å². The van der Waals surface area contributed by atoms with Crippen LogP contribution in [0.1, 0.15) is 5.56 Å². The predicted molar refractivity (Wildman–Crippen MR) is 113 cm³/mol. The molecule has 0 atom stereocenters. The van der Waals surface area contributed by atoms with Gasteiger partial charge in [0.1, 0.15) is 5.82 Å². The number of carbonyl (C=O) groups is 1. The smallest absolute Gasteiger partial charge is 0.243 e. The van der Waals surface area contributed by atoms with Gasteiger partial charge in [-0.15, -0.1) is 0 Å². The Hall–Kier alpha value is -2.55. The minimum atomic E-state index is -3.94. The molecule has 0 bridgehead atoms. The second kappa shape index (κ2) is 9.30. The van der Waals surface area contributed by atoms with Crippen LogP contribution in [0.5, 0.6) is 0 Å². The number of para-hydroxylation sites is 1. The van der Waals surface area contributed by atoms with Crippen molar-refractivity contribution in [2.24, 2.45) is 0 Å². The van der Waals surface area contributed by atoms with Crippen molar-refractivity contribution >= 4 is 37.5 Å². The molecule has 3 aromatic rings. The fraction of sp³-hybridized carbons (Fsp3) is 0.0952. The SMILES string of the molecule is O=C(CN(Cc1ccc(Br)cc1)S(=O)(=O)c1ccccc1)Nc1ccccc1F. The summed E-state index contributed by atoms with van der Waals surface area (Å²) in [7, 11) is -3.94. The molecule has 0 saturated carbocycles. The first-order valence-electron chi connectivity index (χ1n) is 8.70.